The number of thioether (sulfide) groups is 1. The minimum absolute atomic E-state index is 0.107. The van der Waals surface area contributed by atoms with Gasteiger partial charge in [0.05, 0.1) is 25.4 Å². The summed E-state index contributed by atoms with van der Waals surface area (Å²) in [6.45, 7) is 3.14. The number of ether oxygens (including phenoxy) is 3. The predicted octanol–water partition coefficient (Wildman–Crippen LogP) is 4.00. The van der Waals surface area contributed by atoms with Crippen molar-refractivity contribution in [2.75, 3.05) is 32.7 Å². The molecule has 0 bridgehead atoms. The summed E-state index contributed by atoms with van der Waals surface area (Å²) in [6.07, 6.45) is 15.6. The van der Waals surface area contributed by atoms with Crippen LogP contribution in [0.2, 0.25) is 0 Å². The van der Waals surface area contributed by atoms with Crippen LogP contribution in [0.4, 0.5) is 0 Å². The average Bonchev–Trinajstić information content (AvgIpc) is 2.85. The third-order valence-corrected chi connectivity index (χ3v) is 7.97. The number of hydrogen-bond donors (Lipinski definition) is 4. The SMILES string of the molecule is CCCCCCCCCCCCCCCCOCC(CS[C@H]1O[C@H](CO)[C@H](O)[C@H](O)[C@H]1N)OC. The Morgan fingerprint density at radius 3 is 1.88 bits per heavy atom. The molecule has 34 heavy (non-hydrogen) atoms. The zero-order chi connectivity index (χ0) is 25.0. The monoisotopic (exact) mass is 507 g/mol. The van der Waals surface area contributed by atoms with E-state index in [1.54, 1.807) is 7.11 Å². The molecule has 0 amide bonds. The van der Waals surface area contributed by atoms with Gasteiger partial charge in [0.15, 0.2) is 0 Å². The van der Waals surface area contributed by atoms with E-state index in [2.05, 4.69) is 6.92 Å². The summed E-state index contributed by atoms with van der Waals surface area (Å²) in [4.78, 5) is 0. The molecule has 1 unspecified atom stereocenters. The molecule has 0 spiro atoms. The van der Waals surface area contributed by atoms with Gasteiger partial charge in [0.2, 0.25) is 0 Å². The number of nitrogens with two attached hydrogens (primary N) is 1. The Labute approximate surface area is 212 Å². The summed E-state index contributed by atoms with van der Waals surface area (Å²) in [5, 5.41) is 29.3. The summed E-state index contributed by atoms with van der Waals surface area (Å²) in [5.74, 6) is 0.592. The Balaban J connectivity index is 1.97. The molecule has 5 N–H and O–H groups in total. The maximum atomic E-state index is 10.1. The number of aliphatic hydroxyl groups is 3. The van der Waals surface area contributed by atoms with Crippen LogP contribution in [-0.4, -0.2) is 83.9 Å². The molecule has 1 rings (SSSR count). The van der Waals surface area contributed by atoms with Gasteiger partial charge in [0.25, 0.3) is 0 Å². The zero-order valence-corrected chi connectivity index (χ0v) is 22.6. The average molecular weight is 508 g/mol. The van der Waals surface area contributed by atoms with Gasteiger partial charge >= 0.3 is 0 Å². The summed E-state index contributed by atoms with van der Waals surface area (Å²) < 4.78 is 16.9. The largest absolute Gasteiger partial charge is 0.394 e. The summed E-state index contributed by atoms with van der Waals surface area (Å²) in [5.41, 5.74) is 5.47. The Bertz CT molecular complexity index is 459. The van der Waals surface area contributed by atoms with Crippen LogP contribution in [0.5, 0.6) is 0 Å². The number of unbranched alkanes of at least 4 members (excludes halogenated alkanes) is 13. The van der Waals surface area contributed by atoms with Crippen molar-refractivity contribution in [2.24, 2.45) is 5.73 Å². The third-order valence-electron chi connectivity index (χ3n) is 6.65. The molecule has 7 nitrogen and oxygen atoms in total. The van der Waals surface area contributed by atoms with Crippen LogP contribution in [0, 0.1) is 0 Å². The summed E-state index contributed by atoms with van der Waals surface area (Å²) in [7, 11) is 1.65. The number of rotatable bonds is 22. The van der Waals surface area contributed by atoms with E-state index in [4.69, 9.17) is 19.9 Å². The molecule has 204 valence electrons. The Morgan fingerprint density at radius 2 is 1.38 bits per heavy atom. The second-order valence-electron chi connectivity index (χ2n) is 9.65. The van der Waals surface area contributed by atoms with Gasteiger partial charge in [0, 0.05) is 19.5 Å². The van der Waals surface area contributed by atoms with E-state index in [0.717, 1.165) is 13.0 Å². The standard InChI is InChI=1S/C26H53NO6S/c1-3-4-5-6-7-8-9-10-11-12-13-14-15-16-17-32-19-21(31-2)20-34-26-23(27)25(30)24(29)22(18-28)33-26/h21-26,28-30H,3-20,27H2,1-2H3/t21?,22-,23-,24+,25-,26-/m1/s1. The number of hydrogen-bond acceptors (Lipinski definition) is 8. The van der Waals surface area contributed by atoms with Crippen LogP contribution in [0.3, 0.4) is 0 Å². The van der Waals surface area contributed by atoms with Gasteiger partial charge in [-0.05, 0) is 6.42 Å². The van der Waals surface area contributed by atoms with Gasteiger partial charge in [0.1, 0.15) is 23.7 Å². The lowest BCUT2D eigenvalue weighted by atomic mass is 9.99. The highest BCUT2D eigenvalue weighted by Gasteiger charge is 2.42. The van der Waals surface area contributed by atoms with Crippen molar-refractivity contribution in [1.82, 2.24) is 0 Å². The van der Waals surface area contributed by atoms with Crippen molar-refractivity contribution in [3.05, 3.63) is 0 Å². The topological polar surface area (TPSA) is 114 Å². The van der Waals surface area contributed by atoms with Gasteiger partial charge in [-0.15, -0.1) is 11.8 Å². The highest BCUT2D eigenvalue weighted by molar-refractivity contribution is 7.99. The lowest BCUT2D eigenvalue weighted by molar-refractivity contribution is -0.166. The maximum absolute atomic E-state index is 10.1. The molecule has 1 heterocycles. The first-order chi connectivity index (χ1) is 16.5. The van der Waals surface area contributed by atoms with E-state index in [1.807, 2.05) is 0 Å². The fourth-order valence-electron chi connectivity index (χ4n) is 4.25. The van der Waals surface area contributed by atoms with Gasteiger partial charge in [-0.25, -0.2) is 0 Å². The Kier molecular flexibility index (Phi) is 20.0. The van der Waals surface area contributed by atoms with Crippen LogP contribution in [0.15, 0.2) is 0 Å². The Hall–Kier alpha value is 0.0700. The first-order valence-electron chi connectivity index (χ1n) is 13.6. The highest BCUT2D eigenvalue weighted by atomic mass is 32.2. The van der Waals surface area contributed by atoms with Crippen LogP contribution in [0.1, 0.15) is 96.8 Å². The van der Waals surface area contributed by atoms with Gasteiger partial charge in [-0.2, -0.15) is 0 Å². The van der Waals surface area contributed by atoms with E-state index in [-0.39, 0.29) is 12.7 Å². The van der Waals surface area contributed by atoms with Crippen molar-refractivity contribution in [3.8, 4) is 0 Å². The molecule has 0 aliphatic carbocycles. The van der Waals surface area contributed by atoms with E-state index in [1.165, 1.54) is 95.2 Å². The molecule has 0 aromatic heterocycles. The summed E-state index contributed by atoms with van der Waals surface area (Å²) >= 11 is 1.42. The van der Waals surface area contributed by atoms with Gasteiger partial charge in [-0.1, -0.05) is 90.4 Å². The fraction of sp³-hybridized carbons (Fsp3) is 1.00. The van der Waals surface area contributed by atoms with Crippen LogP contribution < -0.4 is 5.73 Å². The molecular weight excluding hydrogens is 454 g/mol. The second-order valence-corrected chi connectivity index (χ2v) is 10.8. The smallest absolute Gasteiger partial charge is 0.121 e. The minimum atomic E-state index is -1.18. The van der Waals surface area contributed by atoms with Gasteiger partial charge in [-0.3, -0.25) is 0 Å². The summed E-state index contributed by atoms with van der Waals surface area (Å²) in [6, 6.07) is -0.725. The molecular formula is C26H53NO6S. The third kappa shape index (κ3) is 14.0. The molecule has 1 aliphatic rings. The number of aliphatic hydroxyl groups excluding tert-OH is 3. The lowest BCUT2D eigenvalue weighted by Gasteiger charge is -2.40. The second kappa shape index (κ2) is 21.2. The highest BCUT2D eigenvalue weighted by Crippen LogP contribution is 2.28. The van der Waals surface area contributed by atoms with Crippen LogP contribution >= 0.6 is 11.8 Å². The predicted molar refractivity (Wildman–Crippen MR) is 140 cm³/mol. The van der Waals surface area contributed by atoms with E-state index < -0.39 is 29.8 Å². The fourth-order valence-corrected chi connectivity index (χ4v) is 5.49. The molecule has 0 radical (unpaired) electrons. The van der Waals surface area contributed by atoms with Crippen LogP contribution in [0.25, 0.3) is 0 Å². The normalized spacial score (nSPS) is 26.1. The first kappa shape index (κ1) is 32.1. The lowest BCUT2D eigenvalue weighted by Crippen LogP contribution is -2.61. The molecule has 8 heteroatoms. The van der Waals surface area contributed by atoms with Crippen LogP contribution in [-0.2, 0) is 14.2 Å². The van der Waals surface area contributed by atoms with Crippen molar-refractivity contribution < 1.29 is 29.5 Å². The molecule has 6 atom stereocenters. The van der Waals surface area contributed by atoms with Crippen molar-refractivity contribution >= 4 is 11.8 Å². The van der Waals surface area contributed by atoms with E-state index in [0.29, 0.717) is 12.4 Å². The van der Waals surface area contributed by atoms with Crippen molar-refractivity contribution in [3.63, 3.8) is 0 Å². The molecule has 0 aromatic carbocycles. The minimum Gasteiger partial charge on any atom is -0.394 e. The molecule has 1 saturated heterocycles. The van der Waals surface area contributed by atoms with Crippen molar-refractivity contribution in [1.29, 1.82) is 0 Å². The van der Waals surface area contributed by atoms with E-state index >= 15 is 0 Å². The zero-order valence-electron chi connectivity index (χ0n) is 21.7. The molecule has 0 saturated carbocycles. The quantitative estimate of drug-likeness (QED) is 0.163. The number of methoxy groups -OCH3 is 1. The van der Waals surface area contributed by atoms with Crippen molar-refractivity contribution in [2.45, 2.75) is 133 Å². The molecule has 0 aromatic rings. The Morgan fingerprint density at radius 1 is 0.853 bits per heavy atom. The van der Waals surface area contributed by atoms with Gasteiger partial charge < -0.3 is 35.3 Å². The van der Waals surface area contributed by atoms with E-state index in [9.17, 15) is 15.3 Å². The molecule has 1 aliphatic heterocycles. The maximum Gasteiger partial charge on any atom is 0.121 e. The first-order valence-corrected chi connectivity index (χ1v) is 14.7. The molecule has 1 fully saturated rings.